The minimum atomic E-state index is -2.73. The lowest BCUT2D eigenvalue weighted by Crippen LogP contribution is -2.23. The molecule has 1 saturated carbocycles. The van der Waals surface area contributed by atoms with Crippen molar-refractivity contribution in [3.63, 3.8) is 0 Å². The molecule has 1 aliphatic rings. The summed E-state index contributed by atoms with van der Waals surface area (Å²) in [6.07, 6.45) is 0.975. The van der Waals surface area contributed by atoms with E-state index in [9.17, 15) is 13.6 Å². The van der Waals surface area contributed by atoms with Crippen LogP contribution in [-0.4, -0.2) is 21.8 Å². The molecule has 1 unspecified atom stereocenters. The van der Waals surface area contributed by atoms with Crippen LogP contribution < -0.4 is 5.32 Å². The zero-order chi connectivity index (χ0) is 13.3. The van der Waals surface area contributed by atoms with Crippen molar-refractivity contribution in [3.8, 4) is 0 Å². The zero-order valence-electron chi connectivity index (χ0n) is 9.09. The number of rotatable bonds is 2. The summed E-state index contributed by atoms with van der Waals surface area (Å²) >= 11 is 6.27. The number of halogens is 4. The number of anilines is 1. The number of nitrogens with zero attached hydrogens (tertiary/aromatic N) is 2. The SMILES string of the molecule is O=C(Nc1ncc(Br)nc1Br)C1CCC(F)(F)C1. The maximum absolute atomic E-state index is 13.0. The van der Waals surface area contributed by atoms with Gasteiger partial charge in [0.05, 0.1) is 6.20 Å². The Bertz CT molecular complexity index is 484. The van der Waals surface area contributed by atoms with Gasteiger partial charge in [-0.3, -0.25) is 4.79 Å². The van der Waals surface area contributed by atoms with E-state index in [-0.39, 0.29) is 18.7 Å². The Morgan fingerprint density at radius 3 is 2.78 bits per heavy atom. The molecule has 1 aliphatic carbocycles. The lowest BCUT2D eigenvalue weighted by atomic mass is 10.1. The van der Waals surface area contributed by atoms with Crippen LogP contribution >= 0.6 is 31.9 Å². The van der Waals surface area contributed by atoms with Gasteiger partial charge in [-0.05, 0) is 38.3 Å². The standard InChI is InChI=1S/C10H9Br2F2N3O/c11-6-4-15-8(7(12)16-6)17-9(18)5-1-2-10(13,14)3-5/h4-5H,1-3H2,(H,15,17,18). The number of nitrogens with one attached hydrogen (secondary N) is 1. The lowest BCUT2D eigenvalue weighted by Gasteiger charge is -2.11. The van der Waals surface area contributed by atoms with Gasteiger partial charge < -0.3 is 5.32 Å². The molecular weight excluding hydrogens is 376 g/mol. The molecule has 1 aromatic heterocycles. The first-order valence-electron chi connectivity index (χ1n) is 5.24. The van der Waals surface area contributed by atoms with Crippen molar-refractivity contribution in [2.75, 3.05) is 5.32 Å². The van der Waals surface area contributed by atoms with Gasteiger partial charge in [-0.15, -0.1) is 0 Å². The molecule has 1 atom stereocenters. The van der Waals surface area contributed by atoms with E-state index in [0.717, 1.165) is 0 Å². The van der Waals surface area contributed by atoms with Gasteiger partial charge in [0.2, 0.25) is 11.8 Å². The summed E-state index contributed by atoms with van der Waals surface area (Å²) in [7, 11) is 0. The van der Waals surface area contributed by atoms with Crippen molar-refractivity contribution in [2.45, 2.75) is 25.2 Å². The van der Waals surface area contributed by atoms with Crippen molar-refractivity contribution in [1.82, 2.24) is 9.97 Å². The van der Waals surface area contributed by atoms with E-state index in [2.05, 4.69) is 47.1 Å². The first-order chi connectivity index (χ1) is 8.37. The molecule has 4 nitrogen and oxygen atoms in total. The quantitative estimate of drug-likeness (QED) is 0.850. The molecule has 8 heteroatoms. The minimum absolute atomic E-state index is 0.195. The molecule has 0 saturated heterocycles. The van der Waals surface area contributed by atoms with Gasteiger partial charge >= 0.3 is 0 Å². The van der Waals surface area contributed by atoms with Gasteiger partial charge in [0, 0.05) is 18.8 Å². The second-order valence-corrected chi connectivity index (χ2v) is 5.68. The van der Waals surface area contributed by atoms with Gasteiger partial charge in [0.15, 0.2) is 5.82 Å². The Hall–Kier alpha value is -0.630. The van der Waals surface area contributed by atoms with Crippen LogP contribution in [0.2, 0.25) is 0 Å². The Morgan fingerprint density at radius 1 is 1.50 bits per heavy atom. The maximum atomic E-state index is 13.0. The van der Waals surface area contributed by atoms with Crippen molar-refractivity contribution in [2.24, 2.45) is 5.92 Å². The van der Waals surface area contributed by atoms with E-state index in [1.807, 2.05) is 0 Å². The lowest BCUT2D eigenvalue weighted by molar-refractivity contribution is -0.120. The molecule has 2 rings (SSSR count). The van der Waals surface area contributed by atoms with Crippen LogP contribution in [0.3, 0.4) is 0 Å². The molecule has 1 amide bonds. The number of carbonyl (C=O) groups is 1. The molecule has 0 aliphatic heterocycles. The number of alkyl halides is 2. The number of hydrogen-bond acceptors (Lipinski definition) is 3. The summed E-state index contributed by atoms with van der Waals surface area (Å²) in [4.78, 5) is 19.7. The number of aromatic nitrogens is 2. The predicted octanol–water partition coefficient (Wildman–Crippen LogP) is 3.38. The Morgan fingerprint density at radius 2 is 2.22 bits per heavy atom. The highest BCUT2D eigenvalue weighted by atomic mass is 79.9. The summed E-state index contributed by atoms with van der Waals surface area (Å²) in [6, 6.07) is 0. The van der Waals surface area contributed by atoms with Gasteiger partial charge in [-0.2, -0.15) is 0 Å². The minimum Gasteiger partial charge on any atom is -0.308 e. The summed E-state index contributed by atoms with van der Waals surface area (Å²) in [5, 5.41) is 2.50. The molecule has 1 heterocycles. The second kappa shape index (κ2) is 5.16. The molecule has 1 fully saturated rings. The Balaban J connectivity index is 2.04. The molecule has 98 valence electrons. The third kappa shape index (κ3) is 3.23. The van der Waals surface area contributed by atoms with Crippen LogP contribution in [0.5, 0.6) is 0 Å². The van der Waals surface area contributed by atoms with Crippen LogP contribution in [0.25, 0.3) is 0 Å². The fourth-order valence-electron chi connectivity index (χ4n) is 1.82. The first kappa shape index (κ1) is 13.8. The van der Waals surface area contributed by atoms with E-state index < -0.39 is 24.2 Å². The summed E-state index contributed by atoms with van der Waals surface area (Å²) in [5.41, 5.74) is 0. The van der Waals surface area contributed by atoms with Crippen LogP contribution in [0.15, 0.2) is 15.4 Å². The maximum Gasteiger partial charge on any atom is 0.248 e. The van der Waals surface area contributed by atoms with Crippen LogP contribution in [0.1, 0.15) is 19.3 Å². The first-order valence-corrected chi connectivity index (χ1v) is 6.83. The van der Waals surface area contributed by atoms with E-state index in [4.69, 9.17) is 0 Å². The number of hydrogen-bond donors (Lipinski definition) is 1. The summed E-state index contributed by atoms with van der Waals surface area (Å²) < 4.78 is 26.9. The molecule has 0 bridgehead atoms. The fraction of sp³-hybridized carbons (Fsp3) is 0.500. The number of carbonyl (C=O) groups excluding carboxylic acids is 1. The molecule has 1 aromatic rings. The number of amides is 1. The van der Waals surface area contributed by atoms with Crippen LogP contribution in [0.4, 0.5) is 14.6 Å². The van der Waals surface area contributed by atoms with Crippen molar-refractivity contribution in [3.05, 3.63) is 15.4 Å². The average molecular weight is 385 g/mol. The summed E-state index contributed by atoms with van der Waals surface area (Å²) in [5.74, 6) is -3.61. The second-order valence-electron chi connectivity index (χ2n) is 4.12. The molecule has 0 spiro atoms. The molecule has 18 heavy (non-hydrogen) atoms. The largest absolute Gasteiger partial charge is 0.308 e. The summed E-state index contributed by atoms with van der Waals surface area (Å²) in [6.45, 7) is 0. The topological polar surface area (TPSA) is 54.9 Å². The predicted molar refractivity (Wildman–Crippen MR) is 68.3 cm³/mol. The smallest absolute Gasteiger partial charge is 0.248 e. The van der Waals surface area contributed by atoms with Crippen LogP contribution in [0, 0.1) is 5.92 Å². The van der Waals surface area contributed by atoms with Gasteiger partial charge in [0.1, 0.15) is 9.21 Å². The van der Waals surface area contributed by atoms with E-state index in [0.29, 0.717) is 9.21 Å². The van der Waals surface area contributed by atoms with E-state index in [1.54, 1.807) is 0 Å². The van der Waals surface area contributed by atoms with Crippen molar-refractivity contribution in [1.29, 1.82) is 0 Å². The van der Waals surface area contributed by atoms with E-state index >= 15 is 0 Å². The van der Waals surface area contributed by atoms with Gasteiger partial charge in [0.25, 0.3) is 0 Å². The van der Waals surface area contributed by atoms with Crippen LogP contribution in [-0.2, 0) is 4.79 Å². The van der Waals surface area contributed by atoms with Crippen molar-refractivity contribution < 1.29 is 13.6 Å². The normalized spacial score (nSPS) is 21.9. The molecule has 0 radical (unpaired) electrons. The highest BCUT2D eigenvalue weighted by molar-refractivity contribution is 9.11. The highest BCUT2D eigenvalue weighted by Crippen LogP contribution is 2.39. The Kier molecular flexibility index (Phi) is 3.96. The molecule has 1 N–H and O–H groups in total. The highest BCUT2D eigenvalue weighted by Gasteiger charge is 2.42. The van der Waals surface area contributed by atoms with Gasteiger partial charge in [-0.1, -0.05) is 0 Å². The zero-order valence-corrected chi connectivity index (χ0v) is 12.3. The van der Waals surface area contributed by atoms with Gasteiger partial charge in [-0.25, -0.2) is 18.7 Å². The molecule has 0 aromatic carbocycles. The monoisotopic (exact) mass is 383 g/mol. The van der Waals surface area contributed by atoms with E-state index in [1.165, 1.54) is 6.20 Å². The van der Waals surface area contributed by atoms with Crippen molar-refractivity contribution >= 4 is 43.6 Å². The third-order valence-electron chi connectivity index (χ3n) is 2.72. The Labute approximate surface area is 119 Å². The third-order valence-corrected chi connectivity index (χ3v) is 3.65. The molecular formula is C10H9Br2F2N3O. The average Bonchev–Trinajstić information content (AvgIpc) is 2.63. The fourth-order valence-corrected chi connectivity index (χ4v) is 2.73.